The molecule has 32 heavy (non-hydrogen) atoms. The average molecular weight is 452 g/mol. The molecular weight excluding hydrogens is 422 g/mol. The van der Waals surface area contributed by atoms with Crippen molar-refractivity contribution >= 4 is 34.1 Å². The molecule has 5 aliphatic rings. The molecule has 4 bridgehead atoms. The van der Waals surface area contributed by atoms with Crippen molar-refractivity contribution in [3.8, 4) is 0 Å². The molecule has 1 aromatic heterocycles. The van der Waals surface area contributed by atoms with E-state index in [2.05, 4.69) is 20.8 Å². The zero-order valence-corrected chi connectivity index (χ0v) is 19.2. The van der Waals surface area contributed by atoms with Crippen molar-refractivity contribution in [1.82, 2.24) is 15.5 Å². The van der Waals surface area contributed by atoms with Crippen molar-refractivity contribution in [1.29, 1.82) is 0 Å². The number of nitrogens with one attached hydrogen (secondary N) is 2. The minimum Gasteiger partial charge on any atom is -0.326 e. The summed E-state index contributed by atoms with van der Waals surface area (Å²) < 4.78 is 0. The Morgan fingerprint density at radius 2 is 1.84 bits per heavy atom. The van der Waals surface area contributed by atoms with Crippen LogP contribution >= 0.6 is 11.3 Å². The Morgan fingerprint density at radius 3 is 2.53 bits per heavy atom. The number of aromatic nitrogens is 2. The van der Waals surface area contributed by atoms with Crippen molar-refractivity contribution < 1.29 is 9.59 Å². The topological polar surface area (TPSA) is 87.2 Å². The minimum atomic E-state index is -0.522. The number of carbonyl (C=O) groups excluding carboxylic acids is 2. The first kappa shape index (κ1) is 20.1. The highest BCUT2D eigenvalue weighted by atomic mass is 32.1. The van der Waals surface area contributed by atoms with Crippen LogP contribution in [-0.2, 0) is 10.2 Å². The van der Waals surface area contributed by atoms with Gasteiger partial charge in [-0.2, -0.15) is 0 Å². The molecule has 168 valence electrons. The summed E-state index contributed by atoms with van der Waals surface area (Å²) >= 11 is 1.52. The lowest BCUT2D eigenvalue weighted by Gasteiger charge is -2.55. The number of benzene rings is 1. The number of anilines is 2. The van der Waals surface area contributed by atoms with Crippen LogP contribution in [0.4, 0.5) is 15.6 Å². The molecule has 2 aromatic rings. The van der Waals surface area contributed by atoms with E-state index >= 15 is 0 Å². The summed E-state index contributed by atoms with van der Waals surface area (Å²) in [4.78, 5) is 27.2. The van der Waals surface area contributed by atoms with E-state index in [1.165, 1.54) is 49.9 Å². The van der Waals surface area contributed by atoms with Gasteiger partial charge in [0.2, 0.25) is 11.0 Å². The number of amides is 3. The molecule has 1 aliphatic heterocycles. The van der Waals surface area contributed by atoms with E-state index < -0.39 is 6.04 Å². The van der Waals surface area contributed by atoms with Gasteiger partial charge in [0, 0.05) is 17.6 Å². The normalized spacial score (nSPS) is 33.0. The number of carbonyl (C=O) groups is 2. The fourth-order valence-electron chi connectivity index (χ4n) is 7.02. The first-order valence-corrected chi connectivity index (χ1v) is 12.6. The maximum Gasteiger partial charge on any atom is 0.321 e. The largest absolute Gasteiger partial charge is 0.326 e. The monoisotopic (exact) mass is 451 g/mol. The summed E-state index contributed by atoms with van der Waals surface area (Å²) in [5, 5.41) is 16.1. The SMILES string of the molecule is Cc1cccc(N2CCC(NC(=O)Nc3nnc(C45CC6CC(CC(C6)C4)C5)s3)C2=O)c1. The lowest BCUT2D eigenvalue weighted by Crippen LogP contribution is -2.48. The molecule has 1 aromatic carbocycles. The van der Waals surface area contributed by atoms with Crippen molar-refractivity contribution in [2.45, 2.75) is 63.3 Å². The van der Waals surface area contributed by atoms with E-state index in [4.69, 9.17) is 0 Å². The summed E-state index contributed by atoms with van der Waals surface area (Å²) in [6.07, 6.45) is 8.44. The molecule has 0 spiro atoms. The molecule has 1 saturated heterocycles. The number of urea groups is 1. The Bertz CT molecular complexity index is 1030. The van der Waals surface area contributed by atoms with Crippen molar-refractivity contribution in [2.24, 2.45) is 17.8 Å². The molecule has 4 saturated carbocycles. The van der Waals surface area contributed by atoms with Gasteiger partial charge >= 0.3 is 6.03 Å². The Morgan fingerprint density at radius 1 is 1.12 bits per heavy atom. The lowest BCUT2D eigenvalue weighted by molar-refractivity contribution is -0.118. The van der Waals surface area contributed by atoms with Crippen LogP contribution in [0.5, 0.6) is 0 Å². The van der Waals surface area contributed by atoms with Gasteiger partial charge in [0.1, 0.15) is 11.0 Å². The van der Waals surface area contributed by atoms with Crippen molar-refractivity contribution in [3.63, 3.8) is 0 Å². The van der Waals surface area contributed by atoms with Crippen LogP contribution in [0.15, 0.2) is 24.3 Å². The van der Waals surface area contributed by atoms with Crippen LogP contribution in [-0.4, -0.2) is 34.7 Å². The van der Waals surface area contributed by atoms with Crippen LogP contribution in [0, 0.1) is 24.7 Å². The van der Waals surface area contributed by atoms with Gasteiger partial charge in [-0.05, 0) is 87.3 Å². The van der Waals surface area contributed by atoms with Gasteiger partial charge in [-0.25, -0.2) is 4.79 Å². The quantitative estimate of drug-likeness (QED) is 0.728. The maximum absolute atomic E-state index is 12.8. The maximum atomic E-state index is 12.8. The second-order valence-corrected chi connectivity index (χ2v) is 11.4. The predicted molar refractivity (Wildman–Crippen MR) is 124 cm³/mol. The highest BCUT2D eigenvalue weighted by Crippen LogP contribution is 2.61. The van der Waals surface area contributed by atoms with Crippen LogP contribution in [0.1, 0.15) is 55.5 Å². The van der Waals surface area contributed by atoms with Gasteiger partial charge in [0.15, 0.2) is 0 Å². The highest BCUT2D eigenvalue weighted by molar-refractivity contribution is 7.15. The first-order chi connectivity index (χ1) is 15.5. The Kier molecular flexibility index (Phi) is 4.75. The molecule has 1 unspecified atom stereocenters. The lowest BCUT2D eigenvalue weighted by atomic mass is 9.50. The Hall–Kier alpha value is -2.48. The summed E-state index contributed by atoms with van der Waals surface area (Å²) in [6.45, 7) is 2.61. The highest BCUT2D eigenvalue weighted by Gasteiger charge is 2.53. The number of rotatable bonds is 4. The molecule has 5 fully saturated rings. The van der Waals surface area contributed by atoms with E-state index in [0.29, 0.717) is 18.1 Å². The number of hydrogen-bond acceptors (Lipinski definition) is 5. The molecule has 7 nitrogen and oxygen atoms in total. The van der Waals surface area contributed by atoms with Gasteiger partial charge < -0.3 is 10.2 Å². The van der Waals surface area contributed by atoms with Gasteiger partial charge in [-0.15, -0.1) is 10.2 Å². The van der Waals surface area contributed by atoms with Crippen LogP contribution in [0.25, 0.3) is 0 Å². The van der Waals surface area contributed by atoms with Crippen LogP contribution in [0.2, 0.25) is 0 Å². The summed E-state index contributed by atoms with van der Waals surface area (Å²) in [5.41, 5.74) is 2.16. The number of nitrogens with zero attached hydrogens (tertiary/aromatic N) is 3. The summed E-state index contributed by atoms with van der Waals surface area (Å²) in [7, 11) is 0. The standard InChI is InChI=1S/C24H29N5O2S/c1-14-3-2-4-18(7-14)29-6-5-19(20(29)30)25-22(31)26-23-28-27-21(32-23)24-11-15-8-16(12-24)10-17(9-15)13-24/h2-4,7,15-17,19H,5-6,8-13H2,1H3,(H2,25,26,28,31). The van der Waals surface area contributed by atoms with E-state index in [-0.39, 0.29) is 17.4 Å². The minimum absolute atomic E-state index is 0.0720. The Labute approximate surface area is 192 Å². The van der Waals surface area contributed by atoms with Crippen molar-refractivity contribution in [3.05, 3.63) is 34.8 Å². The predicted octanol–water partition coefficient (Wildman–Crippen LogP) is 4.24. The van der Waals surface area contributed by atoms with Gasteiger partial charge in [0.25, 0.3) is 0 Å². The molecule has 7 rings (SSSR count). The molecule has 3 amide bonds. The average Bonchev–Trinajstić information content (AvgIpc) is 3.35. The van der Waals surface area contributed by atoms with E-state index in [0.717, 1.165) is 34.0 Å². The Balaban J connectivity index is 1.09. The molecular formula is C24H29N5O2S. The smallest absolute Gasteiger partial charge is 0.321 e. The zero-order valence-electron chi connectivity index (χ0n) is 18.3. The fourth-order valence-corrected chi connectivity index (χ4v) is 7.97. The zero-order chi connectivity index (χ0) is 21.9. The van der Waals surface area contributed by atoms with Gasteiger partial charge in [-0.3, -0.25) is 10.1 Å². The van der Waals surface area contributed by atoms with E-state index in [9.17, 15) is 9.59 Å². The first-order valence-electron chi connectivity index (χ1n) is 11.8. The van der Waals surface area contributed by atoms with Crippen LogP contribution in [0.3, 0.4) is 0 Å². The van der Waals surface area contributed by atoms with E-state index in [1.807, 2.05) is 31.2 Å². The number of aryl methyl sites for hydroxylation is 1. The molecule has 1 atom stereocenters. The summed E-state index contributed by atoms with van der Waals surface area (Å²) in [6, 6.07) is 6.97. The third kappa shape index (κ3) is 3.49. The van der Waals surface area contributed by atoms with Gasteiger partial charge in [-0.1, -0.05) is 23.5 Å². The number of hydrogen-bond donors (Lipinski definition) is 2. The van der Waals surface area contributed by atoms with Crippen molar-refractivity contribution in [2.75, 3.05) is 16.8 Å². The van der Waals surface area contributed by atoms with Crippen LogP contribution < -0.4 is 15.5 Å². The van der Waals surface area contributed by atoms with E-state index in [1.54, 1.807) is 4.90 Å². The molecule has 2 N–H and O–H groups in total. The molecule has 8 heteroatoms. The third-order valence-corrected chi connectivity index (χ3v) is 9.05. The third-order valence-electron chi connectivity index (χ3n) is 7.96. The second-order valence-electron chi connectivity index (χ2n) is 10.4. The van der Waals surface area contributed by atoms with Gasteiger partial charge in [0.05, 0.1) is 0 Å². The second kappa shape index (κ2) is 7.54. The molecule has 0 radical (unpaired) electrons. The fraction of sp³-hybridized carbons (Fsp3) is 0.583. The molecule has 2 heterocycles. The molecule has 4 aliphatic carbocycles. The summed E-state index contributed by atoms with van der Waals surface area (Å²) in [5.74, 6) is 2.45.